The number of hydrogen-bond donors (Lipinski definition) is 2. The van der Waals surface area contributed by atoms with Gasteiger partial charge in [0.25, 0.3) is 0 Å². The second-order valence-corrected chi connectivity index (χ2v) is 10.4. The lowest BCUT2D eigenvalue weighted by Crippen LogP contribution is -2.45. The molecule has 0 spiro atoms. The van der Waals surface area contributed by atoms with Crippen LogP contribution in [-0.2, 0) is 14.3 Å². The first-order chi connectivity index (χ1) is 19.3. The smallest absolute Gasteiger partial charge is 0.243 e. The highest BCUT2D eigenvalue weighted by Gasteiger charge is 2.30. The van der Waals surface area contributed by atoms with Gasteiger partial charge in [0.1, 0.15) is 23.1 Å². The van der Waals surface area contributed by atoms with Gasteiger partial charge in [-0.2, -0.15) is 0 Å². The lowest BCUT2D eigenvalue weighted by atomic mass is 10.1. The number of methoxy groups -OCH3 is 2. The Morgan fingerprint density at radius 1 is 1.15 bits per heavy atom. The fourth-order valence-electron chi connectivity index (χ4n) is 4.97. The van der Waals surface area contributed by atoms with Crippen LogP contribution < -0.4 is 25.0 Å². The number of fused-ring (bicyclic) bond motifs is 1. The molecule has 0 bridgehead atoms. The zero-order valence-corrected chi connectivity index (χ0v) is 24.0. The minimum Gasteiger partial charge on any atom is -0.495 e. The molecule has 2 aliphatic heterocycles. The van der Waals surface area contributed by atoms with Crippen molar-refractivity contribution in [1.82, 2.24) is 15.3 Å². The van der Waals surface area contributed by atoms with Crippen molar-refractivity contribution in [2.24, 2.45) is 0 Å². The highest BCUT2D eigenvalue weighted by molar-refractivity contribution is 6.41. The number of pyridine rings is 2. The van der Waals surface area contributed by atoms with Gasteiger partial charge in [0.15, 0.2) is 0 Å². The number of rotatable bonds is 8. The lowest BCUT2D eigenvalue weighted by Gasteiger charge is -2.33. The number of nitrogens with zero attached hydrogens (tertiary/aromatic N) is 3. The molecule has 0 radical (unpaired) electrons. The van der Waals surface area contributed by atoms with E-state index >= 15 is 0 Å². The fourth-order valence-corrected chi connectivity index (χ4v) is 5.66. The normalized spacial score (nSPS) is 20.8. The number of benzene rings is 1. The molecule has 2 fully saturated rings. The predicted octanol–water partition coefficient (Wildman–Crippen LogP) is 4.33. The van der Waals surface area contributed by atoms with Crippen molar-refractivity contribution in [3.63, 3.8) is 0 Å². The maximum absolute atomic E-state index is 11.9. The van der Waals surface area contributed by atoms with Crippen molar-refractivity contribution >= 4 is 51.5 Å². The monoisotopic (exact) mass is 587 g/mol. The van der Waals surface area contributed by atoms with Gasteiger partial charge < -0.3 is 34.5 Å². The van der Waals surface area contributed by atoms with Gasteiger partial charge in [-0.3, -0.25) is 4.79 Å². The first kappa shape index (κ1) is 28.2. The summed E-state index contributed by atoms with van der Waals surface area (Å²) < 4.78 is 22.4. The summed E-state index contributed by atoms with van der Waals surface area (Å²) in [6.45, 7) is 8.29. The van der Waals surface area contributed by atoms with E-state index < -0.39 is 0 Å². The lowest BCUT2D eigenvalue weighted by molar-refractivity contribution is -0.117. The quantitative estimate of drug-likeness (QED) is 0.372. The number of aromatic nitrogens is 2. The Morgan fingerprint density at radius 2 is 1.88 bits per heavy atom. The average molecular weight is 588 g/mol. The van der Waals surface area contributed by atoms with Crippen molar-refractivity contribution in [3.8, 4) is 22.8 Å². The summed E-state index contributed by atoms with van der Waals surface area (Å²) >= 11 is 13.5. The van der Waals surface area contributed by atoms with Crippen LogP contribution in [0.4, 0.5) is 11.6 Å². The third-order valence-electron chi connectivity index (χ3n) is 6.99. The average Bonchev–Trinajstić information content (AvgIpc) is 3.38. The Balaban J connectivity index is 1.60. The molecule has 0 saturated carbocycles. The summed E-state index contributed by atoms with van der Waals surface area (Å²) in [5, 5.41) is 8.73. The highest BCUT2D eigenvalue weighted by Crippen LogP contribution is 2.46. The Morgan fingerprint density at radius 3 is 2.55 bits per heavy atom. The molecule has 2 N–H and O–H groups in total. The minimum atomic E-state index is -0.249. The maximum atomic E-state index is 11.9. The van der Waals surface area contributed by atoms with Crippen LogP contribution in [0.1, 0.15) is 6.92 Å². The first-order valence-electron chi connectivity index (χ1n) is 12.9. The Labute approximate surface area is 242 Å². The second kappa shape index (κ2) is 12.1. The topological polar surface area (TPSA) is 107 Å². The summed E-state index contributed by atoms with van der Waals surface area (Å²) in [5.41, 5.74) is 1.07. The molecule has 10 nitrogen and oxygen atoms in total. The van der Waals surface area contributed by atoms with E-state index in [2.05, 4.69) is 27.1 Å². The van der Waals surface area contributed by atoms with E-state index in [1.807, 2.05) is 19.1 Å². The number of nitrogens with one attached hydrogen (secondary N) is 2. The Bertz CT molecular complexity index is 1410. The maximum Gasteiger partial charge on any atom is 0.243 e. The number of carbonyl (C=O) groups is 1. The van der Waals surface area contributed by atoms with E-state index in [0.29, 0.717) is 71.5 Å². The molecule has 2 aliphatic rings. The molecule has 1 amide bonds. The van der Waals surface area contributed by atoms with Crippen molar-refractivity contribution in [1.29, 1.82) is 0 Å². The van der Waals surface area contributed by atoms with Crippen LogP contribution in [0, 0.1) is 0 Å². The van der Waals surface area contributed by atoms with Gasteiger partial charge in [0, 0.05) is 41.7 Å². The van der Waals surface area contributed by atoms with Crippen LogP contribution in [0.25, 0.3) is 22.0 Å². The number of halogens is 2. The fraction of sp³-hybridized carbons (Fsp3) is 0.393. The number of ether oxygens (including phenoxy) is 4. The third-order valence-corrected chi connectivity index (χ3v) is 7.74. The molecular formula is C28H31Cl2N5O5. The predicted molar refractivity (Wildman–Crippen MR) is 156 cm³/mol. The summed E-state index contributed by atoms with van der Waals surface area (Å²) in [5.74, 6) is 1.99. The summed E-state index contributed by atoms with van der Waals surface area (Å²) in [4.78, 5) is 23.8. The van der Waals surface area contributed by atoms with Crippen LogP contribution >= 0.6 is 23.2 Å². The molecule has 12 heteroatoms. The van der Waals surface area contributed by atoms with E-state index in [0.717, 1.165) is 16.6 Å². The molecule has 1 unspecified atom stereocenters. The van der Waals surface area contributed by atoms with E-state index in [1.165, 1.54) is 20.3 Å². The SMILES string of the molecule is C=CC(=O)N[C@H]1COC[C@H]1Nc1cc2c(N3CCOC(C)C3)nc(-c3c(Cl)c(OC)cc(OC)c3Cl)cc2cn1. The van der Waals surface area contributed by atoms with E-state index in [9.17, 15) is 4.79 Å². The number of anilines is 2. The van der Waals surface area contributed by atoms with Crippen LogP contribution in [0.5, 0.6) is 11.5 Å². The van der Waals surface area contributed by atoms with Gasteiger partial charge in [0.2, 0.25) is 5.91 Å². The molecule has 2 saturated heterocycles. The summed E-state index contributed by atoms with van der Waals surface area (Å²) in [7, 11) is 3.07. The molecule has 212 valence electrons. The van der Waals surface area contributed by atoms with Crippen LogP contribution in [-0.4, -0.2) is 81.2 Å². The van der Waals surface area contributed by atoms with Gasteiger partial charge in [-0.05, 0) is 25.1 Å². The molecule has 3 atom stereocenters. The molecule has 0 aliphatic carbocycles. The van der Waals surface area contributed by atoms with Crippen molar-refractivity contribution in [2.75, 3.05) is 57.3 Å². The van der Waals surface area contributed by atoms with Crippen molar-refractivity contribution in [3.05, 3.63) is 47.1 Å². The zero-order chi connectivity index (χ0) is 28.4. The summed E-state index contributed by atoms with van der Waals surface area (Å²) in [6.07, 6.45) is 3.06. The molecule has 3 aromatic rings. The number of carbonyl (C=O) groups excluding carboxylic acids is 1. The van der Waals surface area contributed by atoms with Crippen LogP contribution in [0.3, 0.4) is 0 Å². The van der Waals surface area contributed by atoms with Gasteiger partial charge in [-0.25, -0.2) is 9.97 Å². The van der Waals surface area contributed by atoms with Gasteiger partial charge in [0.05, 0.1) is 68.0 Å². The number of amides is 1. The molecule has 4 heterocycles. The molecule has 40 heavy (non-hydrogen) atoms. The highest BCUT2D eigenvalue weighted by atomic mass is 35.5. The number of hydrogen-bond acceptors (Lipinski definition) is 9. The molecule has 2 aromatic heterocycles. The van der Waals surface area contributed by atoms with Crippen molar-refractivity contribution < 1.29 is 23.7 Å². The van der Waals surface area contributed by atoms with Gasteiger partial charge in [-0.1, -0.05) is 29.8 Å². The van der Waals surface area contributed by atoms with Crippen LogP contribution in [0.2, 0.25) is 10.0 Å². The van der Waals surface area contributed by atoms with E-state index in [1.54, 1.807) is 12.3 Å². The summed E-state index contributed by atoms with van der Waals surface area (Å²) in [6, 6.07) is 5.14. The Hall–Kier alpha value is -3.31. The Kier molecular flexibility index (Phi) is 8.51. The minimum absolute atomic E-state index is 0.0302. The van der Waals surface area contributed by atoms with E-state index in [4.69, 9.17) is 47.1 Å². The largest absolute Gasteiger partial charge is 0.495 e. The molecule has 1 aromatic carbocycles. The van der Waals surface area contributed by atoms with Crippen molar-refractivity contribution in [2.45, 2.75) is 25.1 Å². The van der Waals surface area contributed by atoms with E-state index in [-0.39, 0.29) is 24.1 Å². The first-order valence-corrected chi connectivity index (χ1v) is 13.6. The zero-order valence-electron chi connectivity index (χ0n) is 22.5. The molecular weight excluding hydrogens is 557 g/mol. The standard InChI is InChI=1S/C28H31Cl2N5O5/c1-5-24(36)33-20-14-39-13-19(20)32-23-9-17-16(11-31-23)8-18(34-28(17)35-6-7-40-15(2)12-35)25-26(29)21(37-3)10-22(38-4)27(25)30/h5,8-11,15,19-20H,1,6-7,12-14H2,2-4H3,(H,31,32)(H,33,36)/t15?,19-,20+/m1/s1. The number of morpholine rings is 1. The van der Waals surface area contributed by atoms with Gasteiger partial charge in [-0.15, -0.1) is 0 Å². The van der Waals surface area contributed by atoms with Crippen LogP contribution in [0.15, 0.2) is 37.1 Å². The third kappa shape index (κ3) is 5.62. The molecule has 5 rings (SSSR count). The van der Waals surface area contributed by atoms with Gasteiger partial charge >= 0.3 is 0 Å². The second-order valence-electron chi connectivity index (χ2n) is 9.64.